The average molecular weight is 788 g/mol. The minimum Gasteiger partial charge on any atom is -0.379 e. The number of nitrogens with one attached hydrogen (secondary N) is 3. The molecule has 1 aromatic rings. The van der Waals surface area contributed by atoms with Crippen LogP contribution in [0.3, 0.4) is 0 Å². The number of nitrogens with zero attached hydrogens (tertiary/aromatic N) is 2. The Hall–Kier alpha value is -3.09. The highest BCUT2D eigenvalue weighted by Crippen LogP contribution is 2.28. The number of nitro groups is 2. The number of thiol groups is 1. The molecule has 310 valence electrons. The van der Waals surface area contributed by atoms with Crippen LogP contribution in [0.15, 0.2) is 18.2 Å². The molecule has 0 aliphatic rings. The molecule has 0 spiro atoms. The van der Waals surface area contributed by atoms with Gasteiger partial charge in [0.1, 0.15) is 5.69 Å². The van der Waals surface area contributed by atoms with E-state index in [0.29, 0.717) is 85.6 Å². The maximum atomic E-state index is 12.0. The van der Waals surface area contributed by atoms with E-state index in [0.717, 1.165) is 30.7 Å². The quantitative estimate of drug-likeness (QED) is 0.0262. The lowest BCUT2D eigenvalue weighted by Gasteiger charge is -2.09. The lowest BCUT2D eigenvalue weighted by molar-refractivity contribution is -0.393. The lowest BCUT2D eigenvalue weighted by Crippen LogP contribution is -2.29. The Balaban J connectivity index is 1.78. The second-order valence-electron chi connectivity index (χ2n) is 12.7. The predicted octanol–water partition coefficient (Wildman–Crippen LogP) is 6.01. The van der Waals surface area contributed by atoms with Gasteiger partial charge in [-0.2, -0.15) is 12.6 Å². The highest BCUT2D eigenvalue weighted by molar-refractivity contribution is 7.80. The number of non-ortho nitro benzene ring substituents is 1. The Bertz CT molecular complexity index is 1140. The van der Waals surface area contributed by atoms with E-state index in [2.05, 4.69) is 28.6 Å². The van der Waals surface area contributed by atoms with Crippen molar-refractivity contribution in [2.24, 2.45) is 0 Å². The SMILES string of the molecule is O=C(CCCCCCCCCCCCCCCS)NCCOCCOCCOCCOCCOCCNC(=O)CCNc1ccc([N+](=O)[O-])cc1[N+](=O)[O-]. The molecule has 0 radical (unpaired) electrons. The Morgan fingerprint density at radius 2 is 0.944 bits per heavy atom. The Kier molecular flexibility index (Phi) is 32.3. The summed E-state index contributed by atoms with van der Waals surface area (Å²) < 4.78 is 27.3. The highest BCUT2D eigenvalue weighted by Gasteiger charge is 2.19. The van der Waals surface area contributed by atoms with Gasteiger partial charge in [0.2, 0.25) is 11.8 Å². The van der Waals surface area contributed by atoms with Gasteiger partial charge in [0, 0.05) is 38.5 Å². The molecule has 54 heavy (non-hydrogen) atoms. The van der Waals surface area contributed by atoms with Gasteiger partial charge in [-0.25, -0.2) is 0 Å². The summed E-state index contributed by atoms with van der Waals surface area (Å²) in [5, 5.41) is 30.4. The van der Waals surface area contributed by atoms with Crippen LogP contribution < -0.4 is 16.0 Å². The molecule has 2 amide bonds. The summed E-state index contributed by atoms with van der Waals surface area (Å²) in [7, 11) is 0. The van der Waals surface area contributed by atoms with Crippen molar-refractivity contribution in [1.29, 1.82) is 0 Å². The summed E-state index contributed by atoms with van der Waals surface area (Å²) in [6, 6.07) is 3.28. The summed E-state index contributed by atoms with van der Waals surface area (Å²) in [5.41, 5.74) is -0.722. The maximum absolute atomic E-state index is 12.0. The van der Waals surface area contributed by atoms with Crippen LogP contribution in [0.4, 0.5) is 17.1 Å². The van der Waals surface area contributed by atoms with Crippen LogP contribution in [0.1, 0.15) is 96.3 Å². The molecule has 0 bridgehead atoms. The Morgan fingerprint density at radius 3 is 1.37 bits per heavy atom. The van der Waals surface area contributed by atoms with Crippen LogP contribution in [-0.4, -0.2) is 113 Å². The predicted molar refractivity (Wildman–Crippen MR) is 211 cm³/mol. The van der Waals surface area contributed by atoms with Crippen LogP contribution in [0.25, 0.3) is 0 Å². The molecule has 16 nitrogen and oxygen atoms in total. The van der Waals surface area contributed by atoms with E-state index >= 15 is 0 Å². The van der Waals surface area contributed by atoms with Gasteiger partial charge in [0.05, 0.1) is 82.0 Å². The third-order valence-corrected chi connectivity index (χ3v) is 8.56. The van der Waals surface area contributed by atoms with Crippen LogP contribution in [0.5, 0.6) is 0 Å². The molecule has 1 rings (SSSR count). The number of hydrogen-bond donors (Lipinski definition) is 4. The zero-order valence-electron chi connectivity index (χ0n) is 32.1. The van der Waals surface area contributed by atoms with Gasteiger partial charge in [-0.1, -0.05) is 70.6 Å². The van der Waals surface area contributed by atoms with E-state index in [9.17, 15) is 29.8 Å². The molecular weight excluding hydrogens is 722 g/mol. The number of carbonyl (C=O) groups is 2. The van der Waals surface area contributed by atoms with Gasteiger partial charge >= 0.3 is 0 Å². The lowest BCUT2D eigenvalue weighted by atomic mass is 10.0. The highest BCUT2D eigenvalue weighted by atomic mass is 32.1. The van der Waals surface area contributed by atoms with Gasteiger partial charge in [0.25, 0.3) is 11.4 Å². The van der Waals surface area contributed by atoms with Gasteiger partial charge in [-0.3, -0.25) is 29.8 Å². The smallest absolute Gasteiger partial charge is 0.299 e. The number of benzene rings is 1. The van der Waals surface area contributed by atoms with E-state index in [1.165, 1.54) is 76.7 Å². The van der Waals surface area contributed by atoms with Crippen molar-refractivity contribution < 1.29 is 43.1 Å². The van der Waals surface area contributed by atoms with Crippen molar-refractivity contribution in [2.75, 3.05) is 96.8 Å². The Labute approximate surface area is 326 Å². The number of rotatable bonds is 39. The number of anilines is 1. The second kappa shape index (κ2) is 35.6. The topological polar surface area (TPSA) is 203 Å². The molecular formula is C37H65N5O11S. The molecule has 0 saturated carbocycles. The van der Waals surface area contributed by atoms with Crippen LogP contribution in [0, 0.1) is 20.2 Å². The number of ether oxygens (including phenoxy) is 5. The summed E-state index contributed by atoms with van der Waals surface area (Å²) in [5.74, 6) is 0.827. The summed E-state index contributed by atoms with van der Waals surface area (Å²) in [6.45, 7) is 5.00. The summed E-state index contributed by atoms with van der Waals surface area (Å²) in [4.78, 5) is 44.6. The number of unbranched alkanes of at least 4 members (excludes halogenated alkanes) is 12. The molecule has 0 atom stereocenters. The first-order valence-corrected chi connectivity index (χ1v) is 20.2. The molecule has 0 saturated heterocycles. The zero-order chi connectivity index (χ0) is 39.3. The first kappa shape index (κ1) is 48.9. The third-order valence-electron chi connectivity index (χ3n) is 8.24. The fraction of sp³-hybridized carbons (Fsp3) is 0.784. The van der Waals surface area contributed by atoms with Crippen molar-refractivity contribution in [1.82, 2.24) is 10.6 Å². The summed E-state index contributed by atoms with van der Waals surface area (Å²) in [6.07, 6.45) is 17.2. The molecule has 17 heteroatoms. The molecule has 3 N–H and O–H groups in total. The summed E-state index contributed by atoms with van der Waals surface area (Å²) >= 11 is 4.25. The van der Waals surface area contributed by atoms with Gasteiger partial charge in [0.15, 0.2) is 0 Å². The number of amides is 2. The maximum Gasteiger partial charge on any atom is 0.299 e. The number of nitro benzene ring substituents is 2. The molecule has 0 heterocycles. The van der Waals surface area contributed by atoms with Crippen LogP contribution >= 0.6 is 12.6 Å². The molecule has 0 aliphatic carbocycles. The van der Waals surface area contributed by atoms with Crippen molar-refractivity contribution in [3.63, 3.8) is 0 Å². The zero-order valence-corrected chi connectivity index (χ0v) is 33.0. The van der Waals surface area contributed by atoms with Crippen molar-refractivity contribution in [2.45, 2.75) is 96.3 Å². The van der Waals surface area contributed by atoms with E-state index in [1.54, 1.807) is 0 Å². The van der Waals surface area contributed by atoms with Crippen LogP contribution in [-0.2, 0) is 33.3 Å². The standard InChI is InChI=1S/C37H65N5O11S/c43-36(14-12-10-8-6-4-2-1-3-5-7-9-11-13-31-54)39-19-21-49-23-25-51-27-29-53-30-28-52-26-24-50-22-20-40-37(44)17-18-38-34-16-15-33(41(45)46)32-35(34)42(47)48/h15-16,32,38,54H,1-14,17-31H2,(H,39,43)(H,40,44). The van der Waals surface area contributed by atoms with Crippen LogP contribution in [0.2, 0.25) is 0 Å². The Morgan fingerprint density at radius 1 is 0.537 bits per heavy atom. The van der Waals surface area contributed by atoms with Crippen molar-refractivity contribution >= 4 is 41.5 Å². The van der Waals surface area contributed by atoms with Crippen molar-refractivity contribution in [3.8, 4) is 0 Å². The fourth-order valence-corrected chi connectivity index (χ4v) is 5.49. The first-order valence-electron chi connectivity index (χ1n) is 19.5. The van der Waals surface area contributed by atoms with E-state index in [1.807, 2.05) is 0 Å². The first-order chi connectivity index (χ1) is 26.3. The molecule has 1 aromatic carbocycles. The third kappa shape index (κ3) is 29.3. The van der Waals surface area contributed by atoms with E-state index in [-0.39, 0.29) is 36.2 Å². The molecule has 0 fully saturated rings. The van der Waals surface area contributed by atoms with Gasteiger partial charge < -0.3 is 39.6 Å². The molecule has 0 aromatic heterocycles. The van der Waals surface area contributed by atoms with E-state index in [4.69, 9.17) is 23.7 Å². The second-order valence-corrected chi connectivity index (χ2v) is 13.2. The van der Waals surface area contributed by atoms with Gasteiger partial charge in [-0.05, 0) is 24.7 Å². The normalized spacial score (nSPS) is 11.1. The minimum atomic E-state index is -0.717. The average Bonchev–Trinajstić information content (AvgIpc) is 3.15. The molecule has 0 aliphatic heterocycles. The largest absolute Gasteiger partial charge is 0.379 e. The molecule has 0 unspecified atom stereocenters. The monoisotopic (exact) mass is 787 g/mol. The minimum absolute atomic E-state index is 0.0513. The number of hydrogen-bond acceptors (Lipinski definition) is 13. The van der Waals surface area contributed by atoms with Gasteiger partial charge in [-0.15, -0.1) is 0 Å². The van der Waals surface area contributed by atoms with Crippen molar-refractivity contribution in [3.05, 3.63) is 38.4 Å². The number of carbonyl (C=O) groups excluding carboxylic acids is 2. The fourth-order valence-electron chi connectivity index (χ4n) is 5.27. The van der Waals surface area contributed by atoms with E-state index < -0.39 is 15.5 Å².